The van der Waals surface area contributed by atoms with Crippen molar-refractivity contribution in [2.75, 3.05) is 25.1 Å². The highest BCUT2D eigenvalue weighted by molar-refractivity contribution is 5.55. The molecule has 1 N–H and O–H groups in total. The van der Waals surface area contributed by atoms with Crippen molar-refractivity contribution in [1.29, 1.82) is 0 Å². The third-order valence-corrected chi connectivity index (χ3v) is 2.85. The van der Waals surface area contributed by atoms with Crippen molar-refractivity contribution in [2.45, 2.75) is 26.2 Å². The fourth-order valence-corrected chi connectivity index (χ4v) is 1.84. The molecule has 100 valence electrons. The van der Waals surface area contributed by atoms with E-state index in [-0.39, 0.29) is 17.2 Å². The molecule has 0 atom stereocenters. The summed E-state index contributed by atoms with van der Waals surface area (Å²) >= 11 is 0. The molecule has 0 bridgehead atoms. The zero-order valence-corrected chi connectivity index (χ0v) is 10.9. The molecule has 0 radical (unpaired) electrons. The van der Waals surface area contributed by atoms with Crippen LogP contribution in [0.15, 0.2) is 18.2 Å². The number of rotatable bonds is 7. The van der Waals surface area contributed by atoms with Crippen LogP contribution in [-0.4, -0.2) is 30.2 Å². The van der Waals surface area contributed by atoms with E-state index in [0.717, 1.165) is 37.1 Å². The van der Waals surface area contributed by atoms with Crippen LogP contribution in [0.5, 0.6) is 0 Å². The van der Waals surface area contributed by atoms with Gasteiger partial charge in [-0.25, -0.2) is 0 Å². The Morgan fingerprint density at radius 2 is 2.00 bits per heavy atom. The van der Waals surface area contributed by atoms with Crippen LogP contribution in [0.1, 0.15) is 24.8 Å². The van der Waals surface area contributed by atoms with Crippen LogP contribution in [0.3, 0.4) is 0 Å². The third-order valence-electron chi connectivity index (χ3n) is 2.85. The average Bonchev–Trinajstić information content (AvgIpc) is 2.33. The van der Waals surface area contributed by atoms with Gasteiger partial charge in [-0.1, -0.05) is 0 Å². The summed E-state index contributed by atoms with van der Waals surface area (Å²) in [4.78, 5) is 12.4. The van der Waals surface area contributed by atoms with Gasteiger partial charge in [-0.2, -0.15) is 0 Å². The molecule has 0 aliphatic rings. The summed E-state index contributed by atoms with van der Waals surface area (Å²) in [6.45, 7) is 2.91. The Morgan fingerprint density at radius 1 is 1.28 bits per heavy atom. The van der Waals surface area contributed by atoms with E-state index >= 15 is 0 Å². The number of anilines is 1. The fourth-order valence-electron chi connectivity index (χ4n) is 1.84. The Hall–Kier alpha value is -1.62. The first kappa shape index (κ1) is 14.4. The normalized spacial score (nSPS) is 10.4. The topological polar surface area (TPSA) is 66.6 Å². The Balaban J connectivity index is 2.67. The Morgan fingerprint density at radius 3 is 2.61 bits per heavy atom. The number of aliphatic hydroxyl groups excluding tert-OH is 1. The molecule has 1 aromatic carbocycles. The summed E-state index contributed by atoms with van der Waals surface area (Å²) in [7, 11) is 1.93. The standard InChI is InChI=1S/C13H20N2O3/c1-11-8-12(10-13(9-11)15(17)18)14(2)6-4-3-5-7-16/h8-10,16H,3-7H2,1-2H3. The molecule has 5 heteroatoms. The summed E-state index contributed by atoms with van der Waals surface area (Å²) in [5, 5.41) is 19.5. The van der Waals surface area contributed by atoms with Crippen molar-refractivity contribution < 1.29 is 10.0 Å². The molecule has 0 aromatic heterocycles. The van der Waals surface area contributed by atoms with Gasteiger partial charge in [0.25, 0.3) is 5.69 Å². The summed E-state index contributed by atoms with van der Waals surface area (Å²) in [5.74, 6) is 0. The van der Waals surface area contributed by atoms with Crippen molar-refractivity contribution in [3.05, 3.63) is 33.9 Å². The van der Waals surface area contributed by atoms with Gasteiger partial charge in [-0.3, -0.25) is 10.1 Å². The molecule has 0 amide bonds. The molecule has 0 saturated heterocycles. The molecule has 0 aliphatic heterocycles. The maximum absolute atomic E-state index is 10.8. The van der Waals surface area contributed by atoms with E-state index in [4.69, 9.17) is 5.11 Å². The van der Waals surface area contributed by atoms with Gasteiger partial charge in [0.2, 0.25) is 0 Å². The number of nitro benzene ring substituents is 1. The maximum atomic E-state index is 10.8. The van der Waals surface area contributed by atoms with Crippen LogP contribution in [0, 0.1) is 17.0 Å². The number of nitrogens with zero attached hydrogens (tertiary/aromatic N) is 2. The number of benzene rings is 1. The Bertz CT molecular complexity index is 407. The van der Waals surface area contributed by atoms with Gasteiger partial charge in [0.15, 0.2) is 0 Å². The van der Waals surface area contributed by atoms with Gasteiger partial charge in [-0.05, 0) is 37.8 Å². The van der Waals surface area contributed by atoms with Gasteiger partial charge in [0.1, 0.15) is 0 Å². The monoisotopic (exact) mass is 252 g/mol. The lowest BCUT2D eigenvalue weighted by molar-refractivity contribution is -0.384. The third kappa shape index (κ3) is 4.33. The van der Waals surface area contributed by atoms with E-state index in [1.54, 1.807) is 12.1 Å². The van der Waals surface area contributed by atoms with Crippen molar-refractivity contribution >= 4 is 11.4 Å². The van der Waals surface area contributed by atoms with Crippen molar-refractivity contribution in [1.82, 2.24) is 0 Å². The minimum Gasteiger partial charge on any atom is -0.396 e. The van der Waals surface area contributed by atoms with Gasteiger partial charge in [0, 0.05) is 38.0 Å². The molecule has 0 unspecified atom stereocenters. The van der Waals surface area contributed by atoms with Crippen molar-refractivity contribution in [3.63, 3.8) is 0 Å². The first-order chi connectivity index (χ1) is 8.54. The maximum Gasteiger partial charge on any atom is 0.271 e. The van der Waals surface area contributed by atoms with E-state index in [2.05, 4.69) is 0 Å². The van der Waals surface area contributed by atoms with Gasteiger partial charge < -0.3 is 10.0 Å². The van der Waals surface area contributed by atoms with Crippen LogP contribution in [0.4, 0.5) is 11.4 Å². The van der Waals surface area contributed by atoms with E-state index in [1.165, 1.54) is 0 Å². The molecule has 0 heterocycles. The van der Waals surface area contributed by atoms with Gasteiger partial charge in [0.05, 0.1) is 4.92 Å². The molecule has 0 aliphatic carbocycles. The fraction of sp³-hybridized carbons (Fsp3) is 0.538. The van der Waals surface area contributed by atoms with Crippen LogP contribution in [0.2, 0.25) is 0 Å². The van der Waals surface area contributed by atoms with Crippen LogP contribution < -0.4 is 4.90 Å². The molecular formula is C13H20N2O3. The van der Waals surface area contributed by atoms with Crippen LogP contribution >= 0.6 is 0 Å². The predicted molar refractivity (Wildman–Crippen MR) is 72.0 cm³/mol. The zero-order valence-electron chi connectivity index (χ0n) is 10.9. The number of nitro groups is 1. The lowest BCUT2D eigenvalue weighted by Gasteiger charge is -2.19. The predicted octanol–water partition coefficient (Wildman–Crippen LogP) is 2.50. The largest absolute Gasteiger partial charge is 0.396 e. The van der Waals surface area contributed by atoms with Gasteiger partial charge >= 0.3 is 0 Å². The second-order valence-corrected chi connectivity index (χ2v) is 4.49. The average molecular weight is 252 g/mol. The van der Waals surface area contributed by atoms with Crippen LogP contribution in [0.25, 0.3) is 0 Å². The van der Waals surface area contributed by atoms with E-state index in [0.29, 0.717) is 0 Å². The van der Waals surface area contributed by atoms with E-state index < -0.39 is 0 Å². The summed E-state index contributed by atoms with van der Waals surface area (Å²) in [6, 6.07) is 5.11. The molecule has 18 heavy (non-hydrogen) atoms. The second kappa shape index (κ2) is 6.96. The molecule has 1 rings (SSSR count). The van der Waals surface area contributed by atoms with Crippen LogP contribution in [-0.2, 0) is 0 Å². The molecule has 0 saturated carbocycles. The zero-order chi connectivity index (χ0) is 13.5. The molecular weight excluding hydrogens is 232 g/mol. The van der Waals surface area contributed by atoms with Crippen molar-refractivity contribution in [2.24, 2.45) is 0 Å². The number of hydrogen-bond donors (Lipinski definition) is 1. The smallest absolute Gasteiger partial charge is 0.271 e. The number of aryl methyl sites for hydroxylation is 1. The van der Waals surface area contributed by atoms with Gasteiger partial charge in [-0.15, -0.1) is 0 Å². The van der Waals surface area contributed by atoms with E-state index in [1.807, 2.05) is 24.9 Å². The Kier molecular flexibility index (Phi) is 5.58. The highest BCUT2D eigenvalue weighted by Crippen LogP contribution is 2.23. The molecule has 0 spiro atoms. The molecule has 0 fully saturated rings. The quantitative estimate of drug-likeness (QED) is 0.460. The number of unbranched alkanes of at least 4 members (excludes halogenated alkanes) is 2. The first-order valence-corrected chi connectivity index (χ1v) is 6.12. The highest BCUT2D eigenvalue weighted by Gasteiger charge is 2.10. The second-order valence-electron chi connectivity index (χ2n) is 4.49. The molecule has 5 nitrogen and oxygen atoms in total. The lowest BCUT2D eigenvalue weighted by atomic mass is 10.1. The first-order valence-electron chi connectivity index (χ1n) is 6.12. The number of aliphatic hydroxyl groups is 1. The summed E-state index contributed by atoms with van der Waals surface area (Å²) < 4.78 is 0. The van der Waals surface area contributed by atoms with Crippen molar-refractivity contribution in [3.8, 4) is 0 Å². The summed E-state index contributed by atoms with van der Waals surface area (Å²) in [6.07, 6.45) is 2.75. The highest BCUT2D eigenvalue weighted by atomic mass is 16.6. The lowest BCUT2D eigenvalue weighted by Crippen LogP contribution is -2.18. The van der Waals surface area contributed by atoms with E-state index in [9.17, 15) is 10.1 Å². The Labute approximate surface area is 107 Å². The minimum atomic E-state index is -0.365. The SMILES string of the molecule is Cc1cc(N(C)CCCCCO)cc([N+](=O)[O-])c1. The molecule has 1 aromatic rings. The number of non-ortho nitro benzene ring substituents is 1. The minimum absolute atomic E-state index is 0.132. The number of hydrogen-bond acceptors (Lipinski definition) is 4. The summed E-state index contributed by atoms with van der Waals surface area (Å²) in [5.41, 5.74) is 1.89.